The predicted molar refractivity (Wildman–Crippen MR) is 240 cm³/mol. The predicted octanol–water partition coefficient (Wildman–Crippen LogP) is 14.3. The minimum atomic E-state index is -5.02. The molecule has 4 atom stereocenters. The van der Waals surface area contributed by atoms with Crippen molar-refractivity contribution in [3.8, 4) is 23.2 Å². The zero-order chi connectivity index (χ0) is 45.5. The molecule has 0 bridgehead atoms. The van der Waals surface area contributed by atoms with E-state index in [9.17, 15) is 27.6 Å². The first kappa shape index (κ1) is 51.8. The van der Waals surface area contributed by atoms with E-state index in [2.05, 4.69) is 58.1 Å². The molecule has 0 spiro atoms. The third-order valence-electron chi connectivity index (χ3n) is 11.2. The Morgan fingerprint density at radius 2 is 1.63 bits per heavy atom. The minimum absolute atomic E-state index is 0.0185. The van der Waals surface area contributed by atoms with Crippen LogP contribution in [0.4, 0.5) is 32.8 Å². The molecule has 2 aromatic carbocycles. The fraction of sp³-hybridized carbons (Fsp3) is 0.574. The summed E-state index contributed by atoms with van der Waals surface area (Å²) >= 11 is 0.712. The first-order valence-corrected chi connectivity index (χ1v) is 22.0. The lowest BCUT2D eigenvalue weighted by molar-refractivity contribution is -0.137. The van der Waals surface area contributed by atoms with Crippen molar-refractivity contribution in [2.75, 3.05) is 24.8 Å². The molecule has 0 fully saturated rings. The number of benzene rings is 2. The van der Waals surface area contributed by atoms with Crippen molar-refractivity contribution >= 4 is 48.9 Å². The Balaban J connectivity index is 0.000000575. The summed E-state index contributed by atoms with van der Waals surface area (Å²) in [6.07, 6.45) is 8.79. The van der Waals surface area contributed by atoms with Gasteiger partial charge in [0.05, 0.1) is 22.9 Å². The van der Waals surface area contributed by atoms with Gasteiger partial charge >= 0.3 is 12.2 Å². The number of aromatic nitrogens is 2. The number of nitrogens with two attached hydrogens (primary N) is 1. The number of carbonyl (C=O) groups excluding carboxylic acids is 1. The number of rotatable bonds is 18. The number of nitriles is 1. The first-order valence-electron chi connectivity index (χ1n) is 21.1. The van der Waals surface area contributed by atoms with Crippen LogP contribution in [-0.2, 0) is 11.0 Å². The lowest BCUT2D eigenvalue weighted by Crippen LogP contribution is -2.37. The smallest absolute Gasteiger partial charge is 0.417 e. The second-order valence-electron chi connectivity index (χ2n) is 16.3. The number of hydrogen-bond acceptors (Lipinski definition) is 8. The van der Waals surface area contributed by atoms with Crippen LogP contribution >= 0.6 is 11.3 Å². The van der Waals surface area contributed by atoms with Crippen LogP contribution in [0, 0.1) is 46.6 Å². The van der Waals surface area contributed by atoms with Gasteiger partial charge in [0, 0.05) is 29.4 Å². The number of nitrogen functional groups attached to an aromatic ring is 1. The van der Waals surface area contributed by atoms with Crippen LogP contribution in [0.2, 0.25) is 0 Å². The Morgan fingerprint density at radius 1 is 1.00 bits per heavy atom. The lowest BCUT2D eigenvalue weighted by atomic mass is 9.91. The van der Waals surface area contributed by atoms with Gasteiger partial charge in [-0.3, -0.25) is 4.79 Å². The lowest BCUT2D eigenvalue weighted by Gasteiger charge is -2.34. The summed E-state index contributed by atoms with van der Waals surface area (Å²) in [5, 5.41) is 9.27. The third-order valence-corrected chi connectivity index (χ3v) is 12.2. The highest BCUT2D eigenvalue weighted by atomic mass is 32.1. The van der Waals surface area contributed by atoms with Crippen LogP contribution in [0.5, 0.6) is 6.01 Å². The van der Waals surface area contributed by atoms with E-state index in [-0.39, 0.29) is 61.2 Å². The molecule has 2 aromatic heterocycles. The van der Waals surface area contributed by atoms with E-state index < -0.39 is 34.5 Å². The number of nitrogens with zero attached hydrogens (tertiary/aromatic N) is 4. The SMILES string of the molecule is C=CC(C)=O.CCC(C)CCC(C(C)C)N(C)c1nc(OC)nc2c(F)c(-c3ccc(F)c4sc(N)c(C#N)c34)c(C(F)(F)F)cc12.CCCCCCC(C)CC(C)CC. The van der Waals surface area contributed by atoms with E-state index >= 15 is 4.39 Å². The van der Waals surface area contributed by atoms with E-state index in [0.29, 0.717) is 17.3 Å². The van der Waals surface area contributed by atoms with Gasteiger partial charge in [-0.25, -0.2) is 8.78 Å². The molecule has 0 saturated carbocycles. The number of thiophene rings is 1. The maximum atomic E-state index is 16.6. The molecule has 4 aromatic rings. The number of hydrogen-bond donors (Lipinski definition) is 1. The number of fused-ring (bicyclic) bond motifs is 2. The van der Waals surface area contributed by atoms with Gasteiger partial charge in [0.1, 0.15) is 28.2 Å². The van der Waals surface area contributed by atoms with Crippen molar-refractivity contribution in [2.24, 2.45) is 23.7 Å². The highest BCUT2D eigenvalue weighted by molar-refractivity contribution is 7.23. The normalized spacial score (nSPS) is 13.4. The van der Waals surface area contributed by atoms with Gasteiger partial charge in [0.25, 0.3) is 0 Å². The summed E-state index contributed by atoms with van der Waals surface area (Å²) in [4.78, 5) is 20.0. The molecule has 0 amide bonds. The maximum absolute atomic E-state index is 16.6. The average molecular weight is 860 g/mol. The van der Waals surface area contributed by atoms with Crippen molar-refractivity contribution in [3.05, 3.63) is 53.6 Å². The van der Waals surface area contributed by atoms with Crippen molar-refractivity contribution < 1.29 is 31.5 Å². The maximum Gasteiger partial charge on any atom is 0.417 e. The van der Waals surface area contributed by atoms with Crippen molar-refractivity contribution in [1.82, 2.24) is 9.97 Å². The van der Waals surface area contributed by atoms with Gasteiger partial charge in [0.15, 0.2) is 11.6 Å². The summed E-state index contributed by atoms with van der Waals surface area (Å²) in [6, 6.07) is 4.26. The molecular weight excluding hydrogens is 794 g/mol. The molecular formula is C47H66F5N5O2S. The topological polar surface area (TPSA) is 105 Å². The molecule has 2 N–H and O–H groups in total. The minimum Gasteiger partial charge on any atom is -0.467 e. The number of methoxy groups -OCH3 is 1. The van der Waals surface area contributed by atoms with Crippen molar-refractivity contribution in [2.45, 2.75) is 139 Å². The molecule has 0 aliphatic carbocycles. The summed E-state index contributed by atoms with van der Waals surface area (Å²) in [7, 11) is 3.01. The molecule has 0 aliphatic rings. The zero-order valence-electron chi connectivity index (χ0n) is 37.5. The summed E-state index contributed by atoms with van der Waals surface area (Å²) < 4.78 is 80.5. The number of alkyl halides is 3. The molecule has 332 valence electrons. The standard InChI is InChI=1S/C30H32F5N5OS.C13H28.C4H6O/c1-7-15(4)8-11-21(14(2)3)40(5)28-17-12-19(30(33,34)35)23(24(32)25(17)38-29(39-28)41-6)16-9-10-20(31)26-22(16)18(13-36)27(37)42-26;1-5-7-8-9-10-13(4)11-12(3)6-2;1-3-4(2)5/h9-10,12,14-15,21H,7-8,11,37H2,1-6H3;12-13H,5-11H2,1-4H3;3H,1H2,2H3. The number of allylic oxidation sites excluding steroid dienone is 1. The highest BCUT2D eigenvalue weighted by Gasteiger charge is 2.39. The van der Waals surface area contributed by atoms with Gasteiger partial charge in [-0.05, 0) is 73.6 Å². The fourth-order valence-electron chi connectivity index (χ4n) is 7.23. The summed E-state index contributed by atoms with van der Waals surface area (Å²) in [6.45, 7) is 22.3. The van der Waals surface area contributed by atoms with E-state index in [1.54, 1.807) is 11.9 Å². The zero-order valence-corrected chi connectivity index (χ0v) is 38.3. The van der Waals surface area contributed by atoms with Gasteiger partial charge < -0.3 is 15.4 Å². The molecule has 13 heteroatoms. The molecule has 0 aliphatic heterocycles. The van der Waals surface area contributed by atoms with E-state index in [4.69, 9.17) is 10.5 Å². The molecule has 0 saturated heterocycles. The number of ether oxygens (including phenoxy) is 1. The van der Waals surface area contributed by atoms with E-state index in [1.807, 2.05) is 19.9 Å². The highest BCUT2D eigenvalue weighted by Crippen LogP contribution is 2.48. The van der Waals surface area contributed by atoms with Crippen LogP contribution in [-0.4, -0.2) is 36.0 Å². The Bertz CT molecular complexity index is 2060. The first-order chi connectivity index (χ1) is 28.2. The second-order valence-corrected chi connectivity index (χ2v) is 17.4. The quantitative estimate of drug-likeness (QED) is 0.0603. The number of ketones is 1. The number of halogens is 5. The van der Waals surface area contributed by atoms with Crippen LogP contribution < -0.4 is 15.4 Å². The molecule has 4 rings (SSSR count). The number of anilines is 2. The Hall–Kier alpha value is -4.31. The number of unbranched alkanes of at least 4 members (excludes halogenated alkanes) is 3. The second kappa shape index (κ2) is 24.2. The third kappa shape index (κ3) is 13.9. The Morgan fingerprint density at radius 3 is 2.15 bits per heavy atom. The summed E-state index contributed by atoms with van der Waals surface area (Å²) in [5.74, 6) is 0.465. The van der Waals surface area contributed by atoms with E-state index in [1.165, 1.54) is 65.1 Å². The molecule has 7 nitrogen and oxygen atoms in total. The molecule has 4 unspecified atom stereocenters. The molecule has 2 heterocycles. The molecule has 0 radical (unpaired) electrons. The average Bonchev–Trinajstić information content (AvgIpc) is 3.55. The van der Waals surface area contributed by atoms with Crippen molar-refractivity contribution in [1.29, 1.82) is 5.26 Å². The summed E-state index contributed by atoms with van der Waals surface area (Å²) in [5.41, 5.74) is 2.80. The van der Waals surface area contributed by atoms with Gasteiger partial charge in [-0.2, -0.15) is 28.4 Å². The fourth-order valence-corrected chi connectivity index (χ4v) is 8.18. The van der Waals surface area contributed by atoms with Crippen molar-refractivity contribution in [3.63, 3.8) is 0 Å². The van der Waals surface area contributed by atoms with Crippen LogP contribution in [0.1, 0.15) is 138 Å². The molecule has 60 heavy (non-hydrogen) atoms. The van der Waals surface area contributed by atoms with Crippen LogP contribution in [0.15, 0.2) is 30.9 Å². The Labute approximate surface area is 358 Å². The van der Waals surface area contributed by atoms with Gasteiger partial charge in [0.2, 0.25) is 0 Å². The van der Waals surface area contributed by atoms with Crippen LogP contribution in [0.25, 0.3) is 32.1 Å². The largest absolute Gasteiger partial charge is 0.467 e. The van der Waals surface area contributed by atoms with E-state index in [0.717, 1.165) is 49.3 Å². The van der Waals surface area contributed by atoms with Crippen LogP contribution in [0.3, 0.4) is 0 Å². The monoisotopic (exact) mass is 859 g/mol. The van der Waals surface area contributed by atoms with Gasteiger partial charge in [-0.15, -0.1) is 11.3 Å². The van der Waals surface area contributed by atoms with Gasteiger partial charge in [-0.1, -0.05) is 113 Å². The Kier molecular flexibility index (Phi) is 20.9. The number of carbonyl (C=O) groups is 1.